The monoisotopic (exact) mass is 228 g/mol. The van der Waals surface area contributed by atoms with Crippen molar-refractivity contribution >= 4 is 22.4 Å². The minimum absolute atomic E-state index is 0.00610. The Bertz CT molecular complexity index is 336. The van der Waals surface area contributed by atoms with Crippen LogP contribution in [0.2, 0.25) is 0 Å². The Morgan fingerprint density at radius 3 is 2.80 bits per heavy atom. The highest BCUT2D eigenvalue weighted by Crippen LogP contribution is 2.22. The summed E-state index contributed by atoms with van der Waals surface area (Å²) in [5, 5.41) is 11.4. The van der Waals surface area contributed by atoms with E-state index in [4.69, 9.17) is 5.11 Å². The fourth-order valence-electron chi connectivity index (χ4n) is 1.39. The first-order chi connectivity index (χ1) is 7.04. The number of carboxylic acid groups (broad SMARTS) is 1. The van der Waals surface area contributed by atoms with Gasteiger partial charge in [-0.15, -0.1) is 11.3 Å². The molecule has 0 saturated heterocycles. The van der Waals surface area contributed by atoms with E-state index in [-0.39, 0.29) is 6.42 Å². The fourth-order valence-corrected chi connectivity index (χ4v) is 2.41. The summed E-state index contributed by atoms with van der Waals surface area (Å²) < 4.78 is 0. The van der Waals surface area contributed by atoms with E-state index in [0.717, 1.165) is 11.7 Å². The van der Waals surface area contributed by atoms with Gasteiger partial charge in [0.1, 0.15) is 0 Å². The number of thiazole rings is 1. The minimum atomic E-state index is -0.834. The summed E-state index contributed by atoms with van der Waals surface area (Å²) >= 11 is 1.50. The maximum Gasteiger partial charge on any atom is 0.309 e. The first-order valence-corrected chi connectivity index (χ1v) is 5.85. The predicted octanol–water partition coefficient (Wildman–Crippen LogP) is 2.00. The second-order valence-corrected chi connectivity index (χ2v) is 4.41. The molecule has 0 fully saturated rings. The van der Waals surface area contributed by atoms with Crippen LogP contribution in [0.4, 0.5) is 5.13 Å². The van der Waals surface area contributed by atoms with Gasteiger partial charge in [-0.25, -0.2) is 4.98 Å². The Labute approximate surface area is 93.6 Å². The van der Waals surface area contributed by atoms with Gasteiger partial charge in [0.05, 0.1) is 12.1 Å². The molecule has 84 valence electrons. The van der Waals surface area contributed by atoms with Crippen LogP contribution in [0.15, 0.2) is 5.38 Å². The average molecular weight is 228 g/mol. The quantitative estimate of drug-likeness (QED) is 0.837. The Morgan fingerprint density at radius 2 is 2.33 bits per heavy atom. The molecular weight excluding hydrogens is 212 g/mol. The minimum Gasteiger partial charge on any atom is -0.481 e. The highest BCUT2D eigenvalue weighted by Gasteiger charge is 2.13. The molecule has 0 unspecified atom stereocenters. The molecule has 0 saturated carbocycles. The second-order valence-electron chi connectivity index (χ2n) is 3.57. The lowest BCUT2D eigenvalue weighted by Crippen LogP contribution is -2.30. The first-order valence-electron chi connectivity index (χ1n) is 4.97. The molecule has 5 heteroatoms. The highest BCUT2D eigenvalue weighted by atomic mass is 32.1. The standard InChI is InChI=1S/C10H16N2O2S/c1-4-12(7(2)3)10-11-8(6-15-10)5-9(13)14/h6-7H,4-5H2,1-3H3,(H,13,14). The lowest BCUT2D eigenvalue weighted by molar-refractivity contribution is -0.136. The summed E-state index contributed by atoms with van der Waals surface area (Å²) in [5.74, 6) is -0.834. The van der Waals surface area contributed by atoms with Crippen molar-refractivity contribution in [2.24, 2.45) is 0 Å². The van der Waals surface area contributed by atoms with Gasteiger partial charge in [0.25, 0.3) is 0 Å². The summed E-state index contributed by atoms with van der Waals surface area (Å²) in [6.07, 6.45) is 0.00610. The third-order valence-electron chi connectivity index (χ3n) is 2.08. The van der Waals surface area contributed by atoms with Crippen molar-refractivity contribution in [1.29, 1.82) is 0 Å². The van der Waals surface area contributed by atoms with Crippen molar-refractivity contribution < 1.29 is 9.90 Å². The normalized spacial score (nSPS) is 10.7. The van der Waals surface area contributed by atoms with E-state index >= 15 is 0 Å². The lowest BCUT2D eigenvalue weighted by atomic mass is 10.3. The number of nitrogens with zero attached hydrogens (tertiary/aromatic N) is 2. The molecule has 1 rings (SSSR count). The van der Waals surface area contributed by atoms with E-state index in [1.807, 2.05) is 5.38 Å². The van der Waals surface area contributed by atoms with Crippen LogP contribution in [0.25, 0.3) is 0 Å². The van der Waals surface area contributed by atoms with Crippen LogP contribution in [0, 0.1) is 0 Å². The van der Waals surface area contributed by atoms with E-state index in [0.29, 0.717) is 11.7 Å². The van der Waals surface area contributed by atoms with Gasteiger partial charge in [-0.2, -0.15) is 0 Å². The number of hydrogen-bond acceptors (Lipinski definition) is 4. The summed E-state index contributed by atoms with van der Waals surface area (Å²) in [4.78, 5) is 17.0. The zero-order valence-corrected chi connectivity index (χ0v) is 10.0. The molecule has 1 N–H and O–H groups in total. The van der Waals surface area contributed by atoms with Crippen LogP contribution >= 0.6 is 11.3 Å². The van der Waals surface area contributed by atoms with E-state index in [9.17, 15) is 4.79 Å². The average Bonchev–Trinajstić information content (AvgIpc) is 2.52. The molecule has 0 aliphatic carbocycles. The molecule has 0 spiro atoms. The largest absolute Gasteiger partial charge is 0.481 e. The Morgan fingerprint density at radius 1 is 1.67 bits per heavy atom. The van der Waals surface area contributed by atoms with Gasteiger partial charge in [0, 0.05) is 18.0 Å². The molecule has 0 atom stereocenters. The van der Waals surface area contributed by atoms with E-state index in [1.165, 1.54) is 11.3 Å². The van der Waals surface area contributed by atoms with Gasteiger partial charge in [-0.05, 0) is 20.8 Å². The molecular formula is C10H16N2O2S. The molecule has 0 radical (unpaired) electrons. The molecule has 0 aromatic carbocycles. The molecule has 1 aromatic rings. The SMILES string of the molecule is CCN(c1nc(CC(=O)O)cs1)C(C)C. The number of rotatable bonds is 5. The van der Waals surface area contributed by atoms with Gasteiger partial charge in [0.15, 0.2) is 5.13 Å². The van der Waals surface area contributed by atoms with Crippen LogP contribution in [0.3, 0.4) is 0 Å². The maximum atomic E-state index is 10.5. The first kappa shape index (κ1) is 12.0. The second kappa shape index (κ2) is 5.11. The Kier molecular flexibility index (Phi) is 4.08. The third-order valence-corrected chi connectivity index (χ3v) is 3.01. The number of hydrogen-bond donors (Lipinski definition) is 1. The van der Waals surface area contributed by atoms with Crippen molar-refractivity contribution in [3.8, 4) is 0 Å². The zero-order chi connectivity index (χ0) is 11.4. The smallest absolute Gasteiger partial charge is 0.309 e. The number of aromatic nitrogens is 1. The van der Waals surface area contributed by atoms with Gasteiger partial charge in [0.2, 0.25) is 0 Å². The maximum absolute atomic E-state index is 10.5. The number of aliphatic carboxylic acids is 1. The van der Waals surface area contributed by atoms with Crippen LogP contribution in [-0.2, 0) is 11.2 Å². The molecule has 1 aromatic heterocycles. The summed E-state index contributed by atoms with van der Waals surface area (Å²) in [6.45, 7) is 7.15. The summed E-state index contributed by atoms with van der Waals surface area (Å²) in [6, 6.07) is 0.388. The van der Waals surface area contributed by atoms with E-state index < -0.39 is 5.97 Å². The molecule has 0 amide bonds. The van der Waals surface area contributed by atoms with Gasteiger partial charge in [-0.3, -0.25) is 4.79 Å². The van der Waals surface area contributed by atoms with Gasteiger partial charge in [-0.1, -0.05) is 0 Å². The Hall–Kier alpha value is -1.10. The van der Waals surface area contributed by atoms with Crippen LogP contribution in [0.1, 0.15) is 26.5 Å². The fraction of sp³-hybridized carbons (Fsp3) is 0.600. The molecule has 0 aliphatic rings. The van der Waals surface area contributed by atoms with Gasteiger partial charge >= 0.3 is 5.97 Å². The topological polar surface area (TPSA) is 53.4 Å². The number of carboxylic acids is 1. The third kappa shape index (κ3) is 3.20. The van der Waals surface area contributed by atoms with Crippen molar-refractivity contribution in [2.45, 2.75) is 33.2 Å². The molecule has 1 heterocycles. The molecule has 0 aliphatic heterocycles. The lowest BCUT2D eigenvalue weighted by Gasteiger charge is -2.23. The van der Waals surface area contributed by atoms with Crippen molar-refractivity contribution in [2.75, 3.05) is 11.4 Å². The van der Waals surface area contributed by atoms with E-state index in [1.54, 1.807) is 0 Å². The van der Waals surface area contributed by atoms with Crippen LogP contribution in [-0.4, -0.2) is 28.6 Å². The molecule has 0 bridgehead atoms. The summed E-state index contributed by atoms with van der Waals surface area (Å²) in [7, 11) is 0. The Balaban J connectivity index is 2.77. The number of carbonyl (C=O) groups is 1. The van der Waals surface area contributed by atoms with Crippen molar-refractivity contribution in [3.63, 3.8) is 0 Å². The number of anilines is 1. The van der Waals surface area contributed by atoms with Gasteiger partial charge < -0.3 is 10.0 Å². The molecule has 15 heavy (non-hydrogen) atoms. The van der Waals surface area contributed by atoms with Crippen molar-refractivity contribution in [1.82, 2.24) is 4.98 Å². The predicted molar refractivity (Wildman–Crippen MR) is 61.6 cm³/mol. The summed E-state index contributed by atoms with van der Waals surface area (Å²) in [5.41, 5.74) is 0.640. The molecule has 4 nitrogen and oxygen atoms in total. The van der Waals surface area contributed by atoms with E-state index in [2.05, 4.69) is 30.7 Å². The van der Waals surface area contributed by atoms with Crippen molar-refractivity contribution in [3.05, 3.63) is 11.1 Å². The highest BCUT2D eigenvalue weighted by molar-refractivity contribution is 7.13. The van der Waals surface area contributed by atoms with Crippen LogP contribution < -0.4 is 4.90 Å². The zero-order valence-electron chi connectivity index (χ0n) is 9.23. The van der Waals surface area contributed by atoms with Crippen LogP contribution in [0.5, 0.6) is 0 Å².